The first-order chi connectivity index (χ1) is 10.4. The highest BCUT2D eigenvalue weighted by molar-refractivity contribution is 5.90. The van der Waals surface area contributed by atoms with Crippen molar-refractivity contribution >= 4 is 11.0 Å². The molecule has 3 aromatic heterocycles. The minimum absolute atomic E-state index is 0.712. The van der Waals surface area contributed by atoms with E-state index in [1.807, 2.05) is 47.4 Å². The summed E-state index contributed by atoms with van der Waals surface area (Å²) in [4.78, 5) is 7.61. The van der Waals surface area contributed by atoms with Crippen LogP contribution < -0.4 is 0 Å². The van der Waals surface area contributed by atoms with E-state index in [0.717, 1.165) is 22.3 Å². The first-order valence-electron chi connectivity index (χ1n) is 6.77. The molecule has 0 bridgehead atoms. The molecule has 5 nitrogen and oxygen atoms in total. The van der Waals surface area contributed by atoms with Crippen LogP contribution >= 0.6 is 0 Å². The smallest absolute Gasteiger partial charge is 0.116 e. The monoisotopic (exact) mass is 275 g/mol. The van der Waals surface area contributed by atoms with Crippen molar-refractivity contribution in [3.8, 4) is 11.3 Å². The molecule has 0 unspecified atom stereocenters. The summed E-state index contributed by atoms with van der Waals surface area (Å²) in [5.74, 6) is 0. The number of pyridine rings is 1. The third-order valence-corrected chi connectivity index (χ3v) is 3.44. The highest BCUT2D eigenvalue weighted by Gasteiger charge is 2.10. The molecule has 4 rings (SSSR count). The largest absolute Gasteiger partial charge is 0.359 e. The molecule has 0 amide bonds. The Morgan fingerprint density at radius 3 is 2.86 bits per heavy atom. The highest BCUT2D eigenvalue weighted by Crippen LogP contribution is 2.24. The number of nitrogens with one attached hydrogen (secondary N) is 1. The maximum absolute atomic E-state index is 4.40. The van der Waals surface area contributed by atoms with E-state index in [0.29, 0.717) is 6.54 Å². The Morgan fingerprint density at radius 1 is 1.05 bits per heavy atom. The minimum atomic E-state index is 0.712. The van der Waals surface area contributed by atoms with Crippen LogP contribution in [0.15, 0.2) is 61.1 Å². The molecule has 0 aliphatic rings. The lowest BCUT2D eigenvalue weighted by atomic mass is 10.2. The van der Waals surface area contributed by atoms with Crippen LogP contribution in [0.25, 0.3) is 22.3 Å². The van der Waals surface area contributed by atoms with Gasteiger partial charge in [0, 0.05) is 18.0 Å². The summed E-state index contributed by atoms with van der Waals surface area (Å²) in [6.45, 7) is 0.712. The average molecular weight is 275 g/mol. The van der Waals surface area contributed by atoms with Crippen LogP contribution in [0.1, 0.15) is 5.56 Å². The van der Waals surface area contributed by atoms with Crippen LogP contribution in [-0.2, 0) is 6.54 Å². The predicted octanol–water partition coefficient (Wildman–Crippen LogP) is 2.87. The molecule has 0 aliphatic carbocycles. The maximum Gasteiger partial charge on any atom is 0.116 e. The van der Waals surface area contributed by atoms with E-state index in [1.165, 1.54) is 5.56 Å². The number of rotatable bonds is 3. The summed E-state index contributed by atoms with van der Waals surface area (Å²) >= 11 is 0. The second-order valence-electron chi connectivity index (χ2n) is 4.89. The fourth-order valence-electron chi connectivity index (χ4n) is 2.42. The van der Waals surface area contributed by atoms with Crippen LogP contribution in [0.4, 0.5) is 0 Å². The summed E-state index contributed by atoms with van der Waals surface area (Å²) in [5.41, 5.74) is 4.93. The Bertz CT molecular complexity index is 876. The van der Waals surface area contributed by atoms with Crippen molar-refractivity contribution in [2.24, 2.45) is 0 Å². The van der Waals surface area contributed by atoms with Gasteiger partial charge in [0.1, 0.15) is 5.69 Å². The lowest BCUT2D eigenvalue weighted by Crippen LogP contribution is -1.99. The maximum atomic E-state index is 4.40. The summed E-state index contributed by atoms with van der Waals surface area (Å²) in [6.07, 6.45) is 5.66. The third-order valence-electron chi connectivity index (χ3n) is 3.44. The lowest BCUT2D eigenvalue weighted by Gasteiger charge is -1.99. The van der Waals surface area contributed by atoms with Crippen molar-refractivity contribution < 1.29 is 0 Å². The van der Waals surface area contributed by atoms with E-state index in [1.54, 1.807) is 6.20 Å². The Hall–Kier alpha value is -2.95. The molecule has 4 aromatic rings. The summed E-state index contributed by atoms with van der Waals surface area (Å²) < 4.78 is 1.84. The van der Waals surface area contributed by atoms with Gasteiger partial charge in [0.25, 0.3) is 0 Å². The molecule has 0 atom stereocenters. The molecular formula is C16H13N5. The molecule has 3 heterocycles. The van der Waals surface area contributed by atoms with E-state index >= 15 is 0 Å². The number of aromatic nitrogens is 5. The molecule has 1 aromatic carbocycles. The third kappa shape index (κ3) is 2.18. The van der Waals surface area contributed by atoms with Gasteiger partial charge in [-0.25, -0.2) is 4.68 Å². The van der Waals surface area contributed by atoms with Gasteiger partial charge in [-0.15, -0.1) is 5.10 Å². The molecule has 0 saturated carbocycles. The molecule has 0 saturated heterocycles. The quantitative estimate of drug-likeness (QED) is 0.625. The molecule has 21 heavy (non-hydrogen) atoms. The molecule has 5 heteroatoms. The standard InChI is InChI=1S/C16H13N5/c1-2-5-12(6-3-1)10-21-11-15(19-20-21)13-9-18-14-7-4-8-17-16(13)14/h1-9,11,18H,10H2. The zero-order valence-electron chi connectivity index (χ0n) is 11.3. The van der Waals surface area contributed by atoms with Crippen molar-refractivity contribution in [2.45, 2.75) is 6.54 Å². The van der Waals surface area contributed by atoms with E-state index in [-0.39, 0.29) is 0 Å². The van der Waals surface area contributed by atoms with Crippen molar-refractivity contribution in [3.05, 3.63) is 66.6 Å². The second kappa shape index (κ2) is 4.86. The average Bonchev–Trinajstić information content (AvgIpc) is 3.14. The number of benzene rings is 1. The van der Waals surface area contributed by atoms with Gasteiger partial charge >= 0.3 is 0 Å². The van der Waals surface area contributed by atoms with Gasteiger partial charge in [-0.2, -0.15) is 0 Å². The van der Waals surface area contributed by atoms with E-state index < -0.39 is 0 Å². The Balaban J connectivity index is 1.68. The van der Waals surface area contributed by atoms with Crippen molar-refractivity contribution in [3.63, 3.8) is 0 Å². The molecule has 1 N–H and O–H groups in total. The summed E-state index contributed by atoms with van der Waals surface area (Å²) in [7, 11) is 0. The summed E-state index contributed by atoms with van der Waals surface area (Å²) in [6, 6.07) is 14.1. The van der Waals surface area contributed by atoms with Gasteiger partial charge in [-0.3, -0.25) is 4.98 Å². The fraction of sp³-hybridized carbons (Fsp3) is 0.0625. The molecule has 0 aliphatic heterocycles. The number of hydrogen-bond acceptors (Lipinski definition) is 3. The van der Waals surface area contributed by atoms with Crippen LogP contribution in [0.5, 0.6) is 0 Å². The number of nitrogens with zero attached hydrogens (tertiary/aromatic N) is 4. The first-order valence-corrected chi connectivity index (χ1v) is 6.77. The van der Waals surface area contributed by atoms with Crippen LogP contribution in [0.2, 0.25) is 0 Å². The summed E-state index contributed by atoms with van der Waals surface area (Å²) in [5, 5.41) is 8.46. The second-order valence-corrected chi connectivity index (χ2v) is 4.89. The van der Waals surface area contributed by atoms with E-state index in [9.17, 15) is 0 Å². The van der Waals surface area contributed by atoms with E-state index in [2.05, 4.69) is 32.4 Å². The fourth-order valence-corrected chi connectivity index (χ4v) is 2.42. The molecule has 0 radical (unpaired) electrons. The van der Waals surface area contributed by atoms with Crippen molar-refractivity contribution in [1.82, 2.24) is 25.0 Å². The predicted molar refractivity (Wildman–Crippen MR) is 80.7 cm³/mol. The van der Waals surface area contributed by atoms with Crippen molar-refractivity contribution in [2.75, 3.05) is 0 Å². The Morgan fingerprint density at radius 2 is 1.95 bits per heavy atom. The molecule has 102 valence electrons. The Labute approximate surface area is 121 Å². The van der Waals surface area contributed by atoms with Gasteiger partial charge in [0.15, 0.2) is 0 Å². The highest BCUT2D eigenvalue weighted by atomic mass is 15.4. The van der Waals surface area contributed by atoms with Gasteiger partial charge in [-0.05, 0) is 17.7 Å². The molecule has 0 fully saturated rings. The number of fused-ring (bicyclic) bond motifs is 1. The van der Waals surface area contributed by atoms with Crippen LogP contribution in [-0.4, -0.2) is 25.0 Å². The zero-order chi connectivity index (χ0) is 14.1. The Kier molecular flexibility index (Phi) is 2.74. The molecular weight excluding hydrogens is 262 g/mol. The minimum Gasteiger partial charge on any atom is -0.359 e. The van der Waals surface area contributed by atoms with Crippen LogP contribution in [0.3, 0.4) is 0 Å². The lowest BCUT2D eigenvalue weighted by molar-refractivity contribution is 0.650. The SMILES string of the molecule is c1ccc(Cn2cc(-c3c[nH]c4cccnc34)nn2)cc1. The first kappa shape index (κ1) is 11.8. The van der Waals surface area contributed by atoms with Crippen LogP contribution in [0, 0.1) is 0 Å². The number of H-pyrrole nitrogens is 1. The van der Waals surface area contributed by atoms with Crippen molar-refractivity contribution in [1.29, 1.82) is 0 Å². The normalized spacial score (nSPS) is 11.0. The number of hydrogen-bond donors (Lipinski definition) is 1. The molecule has 0 spiro atoms. The van der Waals surface area contributed by atoms with E-state index in [4.69, 9.17) is 0 Å². The zero-order valence-corrected chi connectivity index (χ0v) is 11.3. The van der Waals surface area contributed by atoms with Gasteiger partial charge in [0.05, 0.1) is 23.8 Å². The van der Waals surface area contributed by atoms with Gasteiger partial charge in [0.2, 0.25) is 0 Å². The van der Waals surface area contributed by atoms with Gasteiger partial charge < -0.3 is 4.98 Å². The topological polar surface area (TPSA) is 59.4 Å². The van der Waals surface area contributed by atoms with Gasteiger partial charge in [-0.1, -0.05) is 35.5 Å². The number of aromatic amines is 1.